The van der Waals surface area contributed by atoms with Gasteiger partial charge in [0.15, 0.2) is 6.61 Å². The van der Waals surface area contributed by atoms with Crippen molar-refractivity contribution in [2.75, 3.05) is 11.9 Å². The molecule has 0 aliphatic carbocycles. The van der Waals surface area contributed by atoms with Gasteiger partial charge in [0, 0.05) is 5.56 Å². The Hall–Kier alpha value is -2.25. The zero-order chi connectivity index (χ0) is 19.4. The lowest BCUT2D eigenvalue weighted by atomic mass is 10.0. The number of rotatable bonds is 6. The Kier molecular flexibility index (Phi) is 6.23. The molecule has 1 heterocycles. The summed E-state index contributed by atoms with van der Waals surface area (Å²) in [6, 6.07) is 13.9. The first-order valence-corrected chi connectivity index (χ1v) is 10.2. The van der Waals surface area contributed by atoms with Gasteiger partial charge in [0.25, 0.3) is 5.91 Å². The predicted molar refractivity (Wildman–Crippen MR) is 112 cm³/mol. The van der Waals surface area contributed by atoms with Crippen LogP contribution in [0, 0.1) is 6.92 Å². The van der Waals surface area contributed by atoms with Crippen molar-refractivity contribution in [1.82, 2.24) is 10.2 Å². The van der Waals surface area contributed by atoms with Gasteiger partial charge in [-0.3, -0.25) is 10.1 Å². The molecule has 1 aromatic heterocycles. The zero-order valence-electron chi connectivity index (χ0n) is 15.3. The Morgan fingerprint density at radius 2 is 1.93 bits per heavy atom. The van der Waals surface area contributed by atoms with Gasteiger partial charge in [-0.05, 0) is 46.5 Å². The minimum atomic E-state index is -0.276. The quantitative estimate of drug-likeness (QED) is 0.550. The molecule has 0 aliphatic rings. The Labute approximate surface area is 170 Å². The monoisotopic (exact) mass is 445 g/mol. The molecule has 140 valence electrons. The number of halogens is 1. The molecule has 0 fully saturated rings. The van der Waals surface area contributed by atoms with E-state index in [2.05, 4.69) is 45.3 Å². The number of nitrogens with one attached hydrogen (secondary N) is 1. The summed E-state index contributed by atoms with van der Waals surface area (Å²) in [5.74, 6) is 0.785. The lowest BCUT2D eigenvalue weighted by Gasteiger charge is -2.11. The number of carbonyl (C=O) groups excluding carboxylic acids is 1. The van der Waals surface area contributed by atoms with Crippen molar-refractivity contribution in [3.05, 3.63) is 58.1 Å². The van der Waals surface area contributed by atoms with Gasteiger partial charge in [-0.1, -0.05) is 61.1 Å². The Morgan fingerprint density at radius 3 is 2.59 bits per heavy atom. The van der Waals surface area contributed by atoms with E-state index >= 15 is 0 Å². The number of amides is 1. The molecule has 0 bridgehead atoms. The van der Waals surface area contributed by atoms with Gasteiger partial charge in [0.1, 0.15) is 10.8 Å². The summed E-state index contributed by atoms with van der Waals surface area (Å²) >= 11 is 4.82. The standard InChI is InChI=1S/C20H20BrN3O2S/c1-12(2)15-8-9-17(16(21)10-15)26-11-18(25)22-20-24-23-19(27-20)14-6-4-13(3)5-7-14/h4-10,12H,11H2,1-3H3,(H,22,24,25). The van der Waals surface area contributed by atoms with Crippen LogP contribution in [-0.2, 0) is 4.79 Å². The van der Waals surface area contributed by atoms with E-state index in [1.54, 1.807) is 0 Å². The second-order valence-corrected chi connectivity index (χ2v) is 8.29. The number of ether oxygens (including phenoxy) is 1. The van der Waals surface area contributed by atoms with E-state index in [1.165, 1.54) is 22.5 Å². The number of carbonyl (C=O) groups is 1. The number of aryl methyl sites for hydroxylation is 1. The highest BCUT2D eigenvalue weighted by Gasteiger charge is 2.12. The largest absolute Gasteiger partial charge is 0.483 e. The van der Waals surface area contributed by atoms with Crippen LogP contribution in [0.15, 0.2) is 46.9 Å². The van der Waals surface area contributed by atoms with Gasteiger partial charge in [-0.15, -0.1) is 10.2 Å². The summed E-state index contributed by atoms with van der Waals surface area (Å²) in [5.41, 5.74) is 3.36. The van der Waals surface area contributed by atoms with Gasteiger partial charge < -0.3 is 4.74 Å². The summed E-state index contributed by atoms with van der Waals surface area (Å²) in [4.78, 5) is 12.2. The number of hydrogen-bond donors (Lipinski definition) is 1. The van der Waals surface area contributed by atoms with E-state index in [4.69, 9.17) is 4.74 Å². The highest BCUT2D eigenvalue weighted by molar-refractivity contribution is 9.10. The highest BCUT2D eigenvalue weighted by atomic mass is 79.9. The summed E-state index contributed by atoms with van der Waals surface area (Å²) in [6.45, 7) is 6.19. The normalized spacial score (nSPS) is 10.9. The van der Waals surface area contributed by atoms with Crippen LogP contribution >= 0.6 is 27.3 Å². The zero-order valence-corrected chi connectivity index (χ0v) is 17.7. The van der Waals surface area contributed by atoms with Crippen LogP contribution in [0.4, 0.5) is 5.13 Å². The lowest BCUT2D eigenvalue weighted by molar-refractivity contribution is -0.118. The van der Waals surface area contributed by atoms with Crippen molar-refractivity contribution in [3.63, 3.8) is 0 Å². The maximum atomic E-state index is 12.2. The van der Waals surface area contributed by atoms with Crippen molar-refractivity contribution in [2.45, 2.75) is 26.7 Å². The molecule has 1 N–H and O–H groups in total. The third-order valence-corrected chi connectivity index (χ3v) is 5.46. The minimum Gasteiger partial charge on any atom is -0.483 e. The van der Waals surface area contributed by atoms with E-state index in [1.807, 2.05) is 49.4 Å². The SMILES string of the molecule is Cc1ccc(-c2nnc(NC(=O)COc3ccc(C(C)C)cc3Br)s2)cc1. The number of anilines is 1. The summed E-state index contributed by atoms with van der Waals surface area (Å²) in [7, 11) is 0. The van der Waals surface area contributed by atoms with Crippen molar-refractivity contribution in [1.29, 1.82) is 0 Å². The number of hydrogen-bond acceptors (Lipinski definition) is 5. The fourth-order valence-corrected chi connectivity index (χ4v) is 3.65. The topological polar surface area (TPSA) is 64.1 Å². The Bertz CT molecular complexity index is 939. The van der Waals surface area contributed by atoms with Gasteiger partial charge in [0.2, 0.25) is 5.13 Å². The summed E-state index contributed by atoms with van der Waals surface area (Å²) in [5, 5.41) is 12.1. The molecule has 5 nitrogen and oxygen atoms in total. The van der Waals surface area contributed by atoms with E-state index < -0.39 is 0 Å². The fraction of sp³-hybridized carbons (Fsp3) is 0.250. The maximum Gasteiger partial charge on any atom is 0.264 e. The Balaban J connectivity index is 1.58. The molecule has 2 aromatic carbocycles. The molecule has 27 heavy (non-hydrogen) atoms. The van der Waals surface area contributed by atoms with Gasteiger partial charge in [-0.2, -0.15) is 0 Å². The molecule has 0 saturated carbocycles. The van der Waals surface area contributed by atoms with Crippen molar-refractivity contribution >= 4 is 38.3 Å². The third-order valence-electron chi connectivity index (χ3n) is 3.95. The molecule has 0 radical (unpaired) electrons. The first kappa shape index (κ1) is 19.5. The van der Waals surface area contributed by atoms with Crippen LogP contribution < -0.4 is 10.1 Å². The van der Waals surface area contributed by atoms with Crippen LogP contribution in [0.5, 0.6) is 5.75 Å². The second-order valence-electron chi connectivity index (χ2n) is 6.46. The van der Waals surface area contributed by atoms with Gasteiger partial charge >= 0.3 is 0 Å². The molecule has 7 heteroatoms. The van der Waals surface area contributed by atoms with Crippen molar-refractivity contribution in [3.8, 4) is 16.3 Å². The molecular weight excluding hydrogens is 426 g/mol. The predicted octanol–water partition coefficient (Wildman–Crippen LogP) is 5.42. The van der Waals surface area contributed by atoms with Crippen LogP contribution in [0.2, 0.25) is 0 Å². The molecule has 0 spiro atoms. The molecule has 3 aromatic rings. The van der Waals surface area contributed by atoms with Crippen LogP contribution in [0.3, 0.4) is 0 Å². The first-order chi connectivity index (χ1) is 12.9. The third kappa shape index (κ3) is 5.14. The number of benzene rings is 2. The van der Waals surface area contributed by atoms with Crippen molar-refractivity contribution in [2.24, 2.45) is 0 Å². The Morgan fingerprint density at radius 1 is 1.19 bits per heavy atom. The van der Waals surface area contributed by atoms with E-state index in [9.17, 15) is 4.79 Å². The first-order valence-electron chi connectivity index (χ1n) is 8.55. The summed E-state index contributed by atoms with van der Waals surface area (Å²) < 4.78 is 6.44. The van der Waals surface area contributed by atoms with Crippen LogP contribution in [0.1, 0.15) is 30.9 Å². The highest BCUT2D eigenvalue weighted by Crippen LogP contribution is 2.29. The van der Waals surface area contributed by atoms with E-state index in [-0.39, 0.29) is 12.5 Å². The molecule has 0 aliphatic heterocycles. The number of nitrogens with zero attached hydrogens (tertiary/aromatic N) is 2. The average molecular weight is 446 g/mol. The molecule has 0 atom stereocenters. The fourth-order valence-electron chi connectivity index (χ4n) is 2.38. The van der Waals surface area contributed by atoms with Gasteiger partial charge in [-0.25, -0.2) is 0 Å². The molecule has 0 saturated heterocycles. The molecular formula is C20H20BrN3O2S. The molecule has 3 rings (SSSR count). The summed E-state index contributed by atoms with van der Waals surface area (Å²) in [6.07, 6.45) is 0. The molecule has 1 amide bonds. The second kappa shape index (κ2) is 8.63. The van der Waals surface area contributed by atoms with Crippen LogP contribution in [-0.4, -0.2) is 22.7 Å². The average Bonchev–Trinajstić information content (AvgIpc) is 3.09. The lowest BCUT2D eigenvalue weighted by Crippen LogP contribution is -2.20. The van der Waals surface area contributed by atoms with Crippen molar-refractivity contribution < 1.29 is 9.53 Å². The van der Waals surface area contributed by atoms with Gasteiger partial charge in [0.05, 0.1) is 4.47 Å². The minimum absolute atomic E-state index is 0.0981. The van der Waals surface area contributed by atoms with E-state index in [0.717, 1.165) is 15.0 Å². The maximum absolute atomic E-state index is 12.2. The smallest absolute Gasteiger partial charge is 0.264 e. The number of aromatic nitrogens is 2. The van der Waals surface area contributed by atoms with E-state index in [0.29, 0.717) is 16.8 Å². The molecule has 0 unspecified atom stereocenters. The van der Waals surface area contributed by atoms with Crippen LogP contribution in [0.25, 0.3) is 10.6 Å².